The molecular weight excluding hydrogens is 350 g/mol. The van der Waals surface area contributed by atoms with Crippen LogP contribution in [0.3, 0.4) is 0 Å². The molecule has 1 aromatic heterocycles. The van der Waals surface area contributed by atoms with Gasteiger partial charge in [-0.2, -0.15) is 0 Å². The number of anilines is 1. The van der Waals surface area contributed by atoms with Crippen molar-refractivity contribution in [2.24, 2.45) is 9.98 Å². The van der Waals surface area contributed by atoms with E-state index in [4.69, 9.17) is 23.2 Å². The van der Waals surface area contributed by atoms with E-state index in [0.29, 0.717) is 34.4 Å². The third-order valence-electron chi connectivity index (χ3n) is 3.89. The third kappa shape index (κ3) is 2.41. The van der Waals surface area contributed by atoms with E-state index in [-0.39, 0.29) is 5.69 Å². The van der Waals surface area contributed by atoms with Crippen LogP contribution in [0.25, 0.3) is 0 Å². The van der Waals surface area contributed by atoms with Crippen molar-refractivity contribution in [2.45, 2.75) is 0 Å². The average molecular weight is 361 g/mol. The first-order valence-electron chi connectivity index (χ1n) is 7.29. The molecule has 0 spiro atoms. The highest BCUT2D eigenvalue weighted by Crippen LogP contribution is 2.37. The van der Waals surface area contributed by atoms with Gasteiger partial charge in [-0.3, -0.25) is 9.98 Å². The van der Waals surface area contributed by atoms with Gasteiger partial charge in [0, 0.05) is 24.5 Å². The highest BCUT2D eigenvalue weighted by Gasteiger charge is 2.29. The number of aliphatic imine (C=N–C) groups is 2. The van der Waals surface area contributed by atoms with Gasteiger partial charge in [0.05, 0.1) is 28.0 Å². The molecule has 0 atom stereocenters. The molecule has 3 heterocycles. The Bertz CT molecular complexity index is 921. The van der Waals surface area contributed by atoms with Crippen LogP contribution in [-0.4, -0.2) is 29.6 Å². The number of pyridine rings is 1. The summed E-state index contributed by atoms with van der Waals surface area (Å²) in [6.07, 6.45) is 5.20. The van der Waals surface area contributed by atoms with E-state index < -0.39 is 5.82 Å². The Morgan fingerprint density at radius 3 is 2.88 bits per heavy atom. The number of fused-ring (bicyclic) bond motifs is 3. The molecule has 24 heavy (non-hydrogen) atoms. The van der Waals surface area contributed by atoms with Crippen LogP contribution in [0.2, 0.25) is 10.0 Å². The molecule has 0 saturated carbocycles. The minimum atomic E-state index is -0.460. The number of halogens is 3. The first-order valence-corrected chi connectivity index (χ1v) is 8.05. The zero-order valence-electron chi connectivity index (χ0n) is 12.4. The van der Waals surface area contributed by atoms with Crippen molar-refractivity contribution in [2.75, 3.05) is 18.0 Å². The van der Waals surface area contributed by atoms with Gasteiger partial charge in [-0.05, 0) is 30.3 Å². The van der Waals surface area contributed by atoms with Gasteiger partial charge < -0.3 is 4.90 Å². The lowest BCUT2D eigenvalue weighted by Crippen LogP contribution is -2.34. The molecule has 2 aliphatic heterocycles. The predicted octanol–water partition coefficient (Wildman–Crippen LogP) is 4.11. The number of aromatic nitrogens is 1. The normalized spacial score (nSPS) is 16.0. The standard InChI is InChI=1S/C17H11Cl2FN4/c18-10-4-5-12-14(15(10)19)17(16-11(20)3-1-6-22-16)23-9-13-21-7-2-8-24(12)13/h1-7H,8-9H2. The lowest BCUT2D eigenvalue weighted by molar-refractivity contribution is 0.618. The lowest BCUT2D eigenvalue weighted by atomic mass is 10.0. The van der Waals surface area contributed by atoms with Crippen molar-refractivity contribution in [3.8, 4) is 0 Å². The maximum Gasteiger partial charge on any atom is 0.151 e. The zero-order chi connectivity index (χ0) is 16.7. The van der Waals surface area contributed by atoms with Gasteiger partial charge in [0.2, 0.25) is 0 Å². The molecule has 0 fully saturated rings. The van der Waals surface area contributed by atoms with Gasteiger partial charge in [0.1, 0.15) is 11.5 Å². The molecule has 4 nitrogen and oxygen atoms in total. The van der Waals surface area contributed by atoms with Crippen LogP contribution in [0.5, 0.6) is 0 Å². The average Bonchev–Trinajstić information content (AvgIpc) is 2.76. The summed E-state index contributed by atoms with van der Waals surface area (Å²) < 4.78 is 14.3. The highest BCUT2D eigenvalue weighted by atomic mass is 35.5. The van der Waals surface area contributed by atoms with Gasteiger partial charge >= 0.3 is 0 Å². The summed E-state index contributed by atoms with van der Waals surface area (Å²) >= 11 is 12.7. The van der Waals surface area contributed by atoms with Gasteiger partial charge in [-0.15, -0.1) is 0 Å². The number of rotatable bonds is 1. The molecule has 4 rings (SSSR count). The molecular formula is C17H11Cl2FN4. The van der Waals surface area contributed by atoms with E-state index in [2.05, 4.69) is 15.0 Å². The topological polar surface area (TPSA) is 40.9 Å². The first-order chi connectivity index (χ1) is 11.7. The fraction of sp³-hybridized carbons (Fsp3) is 0.118. The molecule has 0 N–H and O–H groups in total. The molecule has 0 amide bonds. The summed E-state index contributed by atoms with van der Waals surface area (Å²) in [7, 11) is 0. The Kier molecular flexibility index (Phi) is 3.82. The second-order valence-corrected chi connectivity index (χ2v) is 6.08. The number of amidine groups is 1. The van der Waals surface area contributed by atoms with Gasteiger partial charge in [0.25, 0.3) is 0 Å². The Morgan fingerprint density at radius 1 is 1.17 bits per heavy atom. The maximum absolute atomic E-state index is 14.3. The van der Waals surface area contributed by atoms with Gasteiger partial charge in [-0.25, -0.2) is 9.38 Å². The molecule has 7 heteroatoms. The van der Waals surface area contributed by atoms with Crippen LogP contribution >= 0.6 is 23.2 Å². The quantitative estimate of drug-likeness (QED) is 0.767. The Balaban J connectivity index is 2.01. The van der Waals surface area contributed by atoms with Crippen LogP contribution in [0.4, 0.5) is 10.1 Å². The molecule has 0 bridgehead atoms. The SMILES string of the molecule is Fc1cccnc1C1=NCC2=NC=CCN2c2ccc(Cl)c(Cl)c21. The van der Waals surface area contributed by atoms with E-state index in [0.717, 1.165) is 11.5 Å². The molecule has 1 aromatic carbocycles. The molecule has 0 radical (unpaired) electrons. The van der Waals surface area contributed by atoms with Crippen molar-refractivity contribution in [1.29, 1.82) is 0 Å². The fourth-order valence-electron chi connectivity index (χ4n) is 2.80. The Labute approximate surface area is 148 Å². The molecule has 2 aromatic rings. The Hall–Kier alpha value is -2.24. The van der Waals surface area contributed by atoms with E-state index in [9.17, 15) is 4.39 Å². The van der Waals surface area contributed by atoms with Gasteiger partial charge in [-0.1, -0.05) is 23.2 Å². The minimum absolute atomic E-state index is 0.149. The second-order valence-electron chi connectivity index (χ2n) is 5.29. The van der Waals surface area contributed by atoms with Crippen molar-refractivity contribution in [1.82, 2.24) is 4.98 Å². The molecule has 120 valence electrons. The highest BCUT2D eigenvalue weighted by molar-refractivity contribution is 6.45. The molecule has 2 aliphatic rings. The van der Waals surface area contributed by atoms with Crippen molar-refractivity contribution >= 4 is 40.4 Å². The summed E-state index contributed by atoms with van der Waals surface area (Å²) in [5.74, 6) is 0.307. The van der Waals surface area contributed by atoms with Crippen molar-refractivity contribution < 1.29 is 4.39 Å². The van der Waals surface area contributed by atoms with Crippen molar-refractivity contribution in [3.63, 3.8) is 0 Å². The summed E-state index contributed by atoms with van der Waals surface area (Å²) in [4.78, 5) is 15.1. The van der Waals surface area contributed by atoms with Crippen LogP contribution in [0.1, 0.15) is 11.3 Å². The smallest absolute Gasteiger partial charge is 0.151 e. The maximum atomic E-state index is 14.3. The number of hydrogen-bond acceptors (Lipinski definition) is 4. The first kappa shape index (κ1) is 15.3. The fourth-order valence-corrected chi connectivity index (χ4v) is 3.21. The van der Waals surface area contributed by atoms with Crippen LogP contribution in [0, 0.1) is 5.82 Å². The number of hydrogen-bond donors (Lipinski definition) is 0. The van der Waals surface area contributed by atoms with E-state index in [1.54, 1.807) is 12.3 Å². The third-order valence-corrected chi connectivity index (χ3v) is 4.69. The van der Waals surface area contributed by atoms with E-state index in [1.165, 1.54) is 18.3 Å². The second kappa shape index (κ2) is 6.00. The van der Waals surface area contributed by atoms with Gasteiger partial charge in [0.15, 0.2) is 5.82 Å². The Morgan fingerprint density at radius 2 is 2.04 bits per heavy atom. The van der Waals surface area contributed by atoms with Crippen molar-refractivity contribution in [3.05, 3.63) is 69.9 Å². The minimum Gasteiger partial charge on any atom is -0.324 e. The summed E-state index contributed by atoms with van der Waals surface area (Å²) in [6.45, 7) is 0.940. The molecule has 0 saturated heterocycles. The number of nitrogens with zero attached hydrogens (tertiary/aromatic N) is 4. The summed E-state index contributed by atoms with van der Waals surface area (Å²) in [5, 5.41) is 0.709. The van der Waals surface area contributed by atoms with Crippen LogP contribution in [0.15, 0.2) is 52.7 Å². The summed E-state index contributed by atoms with van der Waals surface area (Å²) in [5.41, 5.74) is 1.89. The van der Waals surface area contributed by atoms with Crippen LogP contribution < -0.4 is 4.90 Å². The number of benzene rings is 1. The van der Waals surface area contributed by atoms with E-state index >= 15 is 0 Å². The zero-order valence-corrected chi connectivity index (χ0v) is 13.9. The molecule has 0 aliphatic carbocycles. The van der Waals surface area contributed by atoms with Crippen LogP contribution in [-0.2, 0) is 0 Å². The monoisotopic (exact) mass is 360 g/mol. The lowest BCUT2D eigenvalue weighted by Gasteiger charge is -2.26. The predicted molar refractivity (Wildman–Crippen MR) is 95.1 cm³/mol. The van der Waals surface area contributed by atoms with E-state index in [1.807, 2.05) is 17.0 Å². The summed E-state index contributed by atoms with van der Waals surface area (Å²) in [6, 6.07) is 6.45. The largest absolute Gasteiger partial charge is 0.324 e. The molecule has 0 unspecified atom stereocenters.